The largest absolute Gasteiger partial charge is 0.383 e. The number of rotatable bonds is 8. The molecule has 0 saturated heterocycles. The van der Waals surface area contributed by atoms with Gasteiger partial charge in [0, 0.05) is 30.6 Å². The summed E-state index contributed by atoms with van der Waals surface area (Å²) in [4.78, 5) is 12.8. The molecule has 7 nitrogen and oxygen atoms in total. The van der Waals surface area contributed by atoms with Crippen molar-refractivity contribution in [2.75, 3.05) is 19.5 Å². The van der Waals surface area contributed by atoms with E-state index in [0.29, 0.717) is 11.8 Å². The number of hydrogen-bond donors (Lipinski definition) is 0. The van der Waals surface area contributed by atoms with Gasteiger partial charge in [-0.25, -0.2) is 0 Å². The van der Waals surface area contributed by atoms with Gasteiger partial charge in [-0.05, 0) is 67.4 Å². The van der Waals surface area contributed by atoms with Crippen molar-refractivity contribution in [3.8, 4) is 5.69 Å². The van der Waals surface area contributed by atoms with Crippen LogP contribution in [0.4, 0.5) is 0 Å². The molecule has 0 radical (unpaired) electrons. The van der Waals surface area contributed by atoms with E-state index in [1.807, 2.05) is 38.1 Å². The van der Waals surface area contributed by atoms with Gasteiger partial charge in [0.1, 0.15) is 0 Å². The van der Waals surface area contributed by atoms with Crippen LogP contribution in [0.25, 0.3) is 5.69 Å². The van der Waals surface area contributed by atoms with Gasteiger partial charge in [-0.2, -0.15) is 4.68 Å². The second kappa shape index (κ2) is 8.70. The molecule has 0 bridgehead atoms. The summed E-state index contributed by atoms with van der Waals surface area (Å²) in [5.74, 6) is 0.344. The number of Topliss-reactive ketones (excluding diaryl/α,β-unsaturated/α-hetero) is 1. The second-order valence-corrected chi connectivity index (χ2v) is 7.73. The van der Waals surface area contributed by atoms with Crippen molar-refractivity contribution in [1.29, 1.82) is 0 Å². The van der Waals surface area contributed by atoms with Crippen LogP contribution in [0.15, 0.2) is 29.4 Å². The van der Waals surface area contributed by atoms with Crippen molar-refractivity contribution in [2.24, 2.45) is 0 Å². The van der Waals surface area contributed by atoms with Crippen LogP contribution >= 0.6 is 11.8 Å². The van der Waals surface area contributed by atoms with Gasteiger partial charge < -0.3 is 9.30 Å². The number of ether oxygens (including phenoxy) is 1. The molecule has 0 amide bonds. The van der Waals surface area contributed by atoms with Crippen LogP contribution in [-0.4, -0.2) is 50.0 Å². The maximum absolute atomic E-state index is 12.8. The summed E-state index contributed by atoms with van der Waals surface area (Å²) in [5.41, 5.74) is 6.04. The molecule has 2 heterocycles. The van der Waals surface area contributed by atoms with Gasteiger partial charge in [-0.3, -0.25) is 4.79 Å². The first-order valence-electron chi connectivity index (χ1n) is 9.10. The van der Waals surface area contributed by atoms with Crippen LogP contribution in [0.1, 0.15) is 32.9 Å². The lowest BCUT2D eigenvalue weighted by Crippen LogP contribution is -2.10. The highest BCUT2D eigenvalue weighted by Gasteiger charge is 2.18. The van der Waals surface area contributed by atoms with E-state index in [-0.39, 0.29) is 11.5 Å². The highest BCUT2D eigenvalue weighted by molar-refractivity contribution is 7.99. The zero-order valence-corrected chi connectivity index (χ0v) is 17.7. The lowest BCUT2D eigenvalue weighted by atomic mass is 10.1. The predicted octanol–water partition coefficient (Wildman–Crippen LogP) is 3.32. The third-order valence-corrected chi connectivity index (χ3v) is 5.82. The van der Waals surface area contributed by atoms with Gasteiger partial charge in [0.05, 0.1) is 18.0 Å². The summed E-state index contributed by atoms with van der Waals surface area (Å²) >= 11 is 1.35. The highest BCUT2D eigenvalue weighted by Crippen LogP contribution is 2.23. The van der Waals surface area contributed by atoms with Crippen molar-refractivity contribution in [2.45, 2.75) is 39.4 Å². The Morgan fingerprint density at radius 2 is 1.93 bits per heavy atom. The average molecular weight is 400 g/mol. The van der Waals surface area contributed by atoms with E-state index >= 15 is 0 Å². The van der Waals surface area contributed by atoms with Gasteiger partial charge in [0.2, 0.25) is 5.16 Å². The van der Waals surface area contributed by atoms with E-state index in [4.69, 9.17) is 4.74 Å². The Morgan fingerprint density at radius 1 is 1.14 bits per heavy atom. The fraction of sp³-hybridized carbons (Fsp3) is 0.400. The molecule has 2 aromatic heterocycles. The molecule has 3 rings (SSSR count). The van der Waals surface area contributed by atoms with Crippen LogP contribution in [0.5, 0.6) is 0 Å². The molecule has 0 atom stereocenters. The molecule has 8 heteroatoms. The van der Waals surface area contributed by atoms with E-state index in [9.17, 15) is 4.79 Å². The molecular formula is C20H25N5O2S. The van der Waals surface area contributed by atoms with Gasteiger partial charge in [0.15, 0.2) is 5.78 Å². The maximum atomic E-state index is 12.8. The average Bonchev–Trinajstić information content (AvgIpc) is 3.25. The SMILES string of the molecule is COCCn1c(C)cc(C(=O)CSc2nnnn2-c2ccc(C)c(C)c2)c1C. The zero-order valence-electron chi connectivity index (χ0n) is 16.9. The number of ketones is 1. The summed E-state index contributed by atoms with van der Waals surface area (Å²) in [6, 6.07) is 8.01. The lowest BCUT2D eigenvalue weighted by Gasteiger charge is -2.09. The smallest absolute Gasteiger partial charge is 0.214 e. The number of aryl methyl sites for hydroxylation is 3. The van der Waals surface area contributed by atoms with Crippen LogP contribution in [0.3, 0.4) is 0 Å². The Kier molecular flexibility index (Phi) is 6.31. The molecule has 0 N–H and O–H groups in total. The van der Waals surface area contributed by atoms with E-state index < -0.39 is 0 Å². The molecular weight excluding hydrogens is 374 g/mol. The Labute approximate surface area is 169 Å². The van der Waals surface area contributed by atoms with Gasteiger partial charge in [-0.1, -0.05) is 17.8 Å². The number of tetrazole rings is 1. The first-order valence-corrected chi connectivity index (χ1v) is 10.1. The Hall–Kier alpha value is -2.45. The van der Waals surface area contributed by atoms with Crippen molar-refractivity contribution in [3.05, 3.63) is 52.3 Å². The highest BCUT2D eigenvalue weighted by atomic mass is 32.2. The van der Waals surface area contributed by atoms with Crippen LogP contribution in [0, 0.1) is 27.7 Å². The predicted molar refractivity (Wildman–Crippen MR) is 109 cm³/mol. The van der Waals surface area contributed by atoms with E-state index in [0.717, 1.165) is 29.2 Å². The fourth-order valence-corrected chi connectivity index (χ4v) is 3.88. The quantitative estimate of drug-likeness (QED) is 0.427. The standard InChI is InChI=1S/C20H25N5O2S/c1-13-6-7-17(10-14(13)2)25-20(21-22-23-25)28-12-19(26)18-11-15(3)24(16(18)4)8-9-27-5/h6-7,10-11H,8-9,12H2,1-5H3. The number of aromatic nitrogens is 5. The first kappa shape index (κ1) is 20.3. The van der Waals surface area contributed by atoms with Gasteiger partial charge >= 0.3 is 0 Å². The van der Waals surface area contributed by atoms with Crippen LogP contribution in [0.2, 0.25) is 0 Å². The van der Waals surface area contributed by atoms with Gasteiger partial charge in [-0.15, -0.1) is 5.10 Å². The molecule has 0 saturated carbocycles. The molecule has 148 valence electrons. The van der Waals surface area contributed by atoms with E-state index in [1.165, 1.54) is 22.9 Å². The number of carbonyl (C=O) groups excluding carboxylic acids is 1. The molecule has 0 spiro atoms. The van der Waals surface area contributed by atoms with E-state index in [1.54, 1.807) is 11.8 Å². The summed E-state index contributed by atoms with van der Waals surface area (Å²) < 4.78 is 8.94. The third kappa shape index (κ3) is 4.18. The monoisotopic (exact) mass is 399 g/mol. The maximum Gasteiger partial charge on any atom is 0.214 e. The molecule has 28 heavy (non-hydrogen) atoms. The minimum Gasteiger partial charge on any atom is -0.383 e. The number of hydrogen-bond acceptors (Lipinski definition) is 6. The lowest BCUT2D eigenvalue weighted by molar-refractivity contribution is 0.102. The minimum atomic E-state index is 0.0661. The van der Waals surface area contributed by atoms with Gasteiger partial charge in [0.25, 0.3) is 0 Å². The molecule has 0 aliphatic heterocycles. The Morgan fingerprint density at radius 3 is 2.64 bits per heavy atom. The second-order valence-electron chi connectivity index (χ2n) is 6.78. The number of nitrogens with zero attached hydrogens (tertiary/aromatic N) is 5. The van der Waals surface area contributed by atoms with Crippen molar-refractivity contribution in [3.63, 3.8) is 0 Å². The van der Waals surface area contributed by atoms with Crippen LogP contribution < -0.4 is 0 Å². The molecule has 3 aromatic rings. The fourth-order valence-electron chi connectivity index (χ4n) is 3.11. The number of thioether (sulfide) groups is 1. The molecule has 0 aliphatic rings. The van der Waals surface area contributed by atoms with Crippen molar-refractivity contribution in [1.82, 2.24) is 24.8 Å². The molecule has 0 unspecified atom stereocenters. The molecule has 0 fully saturated rings. The first-order chi connectivity index (χ1) is 13.4. The number of carbonyl (C=O) groups is 1. The van der Waals surface area contributed by atoms with E-state index in [2.05, 4.69) is 33.9 Å². The van der Waals surface area contributed by atoms with Crippen molar-refractivity contribution < 1.29 is 9.53 Å². The summed E-state index contributed by atoms with van der Waals surface area (Å²) in [7, 11) is 1.68. The third-order valence-electron chi connectivity index (χ3n) is 4.90. The van der Waals surface area contributed by atoms with Crippen LogP contribution in [-0.2, 0) is 11.3 Å². The number of methoxy groups -OCH3 is 1. The van der Waals surface area contributed by atoms with Crippen molar-refractivity contribution >= 4 is 17.5 Å². The summed E-state index contributed by atoms with van der Waals surface area (Å²) in [6.45, 7) is 9.45. The Bertz CT molecular complexity index is 993. The molecule has 0 aliphatic carbocycles. The normalized spacial score (nSPS) is 11.2. The Balaban J connectivity index is 1.74. The topological polar surface area (TPSA) is 74.8 Å². The summed E-state index contributed by atoms with van der Waals surface area (Å²) in [5, 5.41) is 12.6. The number of benzene rings is 1. The summed E-state index contributed by atoms with van der Waals surface area (Å²) in [6.07, 6.45) is 0. The minimum absolute atomic E-state index is 0.0661. The zero-order chi connectivity index (χ0) is 20.3. The molecule has 1 aromatic carbocycles.